The van der Waals surface area contributed by atoms with E-state index in [0.717, 1.165) is 0 Å². The van der Waals surface area contributed by atoms with Crippen molar-refractivity contribution >= 4 is 11.9 Å². The van der Waals surface area contributed by atoms with E-state index >= 15 is 0 Å². The third-order valence-electron chi connectivity index (χ3n) is 2.52. The van der Waals surface area contributed by atoms with E-state index in [1.54, 1.807) is 4.90 Å². The summed E-state index contributed by atoms with van der Waals surface area (Å²) in [7, 11) is 1.37. The van der Waals surface area contributed by atoms with E-state index in [-0.39, 0.29) is 17.8 Å². The molecule has 1 aliphatic heterocycles. The monoisotopic (exact) mass is 231 g/mol. The molecule has 1 fully saturated rings. The number of aliphatic hydroxyl groups is 1. The van der Waals surface area contributed by atoms with Crippen LogP contribution in [0.5, 0.6) is 0 Å². The SMILES string of the molecule is CC.COC(=O)C1CCN(C(=O)CO)CC1. The zero-order valence-corrected chi connectivity index (χ0v) is 10.2. The summed E-state index contributed by atoms with van der Waals surface area (Å²) in [6.07, 6.45) is 1.25. The van der Waals surface area contributed by atoms with Crippen LogP contribution in [0.4, 0.5) is 0 Å². The Balaban J connectivity index is 0.00000106. The minimum absolute atomic E-state index is 0.0947. The third-order valence-corrected chi connectivity index (χ3v) is 2.52. The van der Waals surface area contributed by atoms with Gasteiger partial charge in [-0.1, -0.05) is 13.8 Å². The lowest BCUT2D eigenvalue weighted by molar-refractivity contribution is -0.149. The van der Waals surface area contributed by atoms with Crippen molar-refractivity contribution in [2.45, 2.75) is 26.7 Å². The number of hydrogen-bond donors (Lipinski definition) is 1. The van der Waals surface area contributed by atoms with Crippen molar-refractivity contribution in [1.82, 2.24) is 4.90 Å². The van der Waals surface area contributed by atoms with Gasteiger partial charge in [0.25, 0.3) is 0 Å². The van der Waals surface area contributed by atoms with Crippen LogP contribution in [0.1, 0.15) is 26.7 Å². The van der Waals surface area contributed by atoms with Gasteiger partial charge in [-0.25, -0.2) is 0 Å². The first kappa shape index (κ1) is 14.9. The molecule has 1 heterocycles. The summed E-state index contributed by atoms with van der Waals surface area (Å²) in [5.74, 6) is -0.572. The molecule has 0 aromatic rings. The minimum Gasteiger partial charge on any atom is -0.469 e. The van der Waals surface area contributed by atoms with Gasteiger partial charge >= 0.3 is 5.97 Å². The van der Waals surface area contributed by atoms with Crippen molar-refractivity contribution in [2.24, 2.45) is 5.92 Å². The molecule has 0 aliphatic carbocycles. The molecule has 1 N–H and O–H groups in total. The number of esters is 1. The molecule has 0 unspecified atom stereocenters. The third kappa shape index (κ3) is 4.18. The number of carbonyl (C=O) groups excluding carboxylic acids is 2. The molecule has 0 aromatic heterocycles. The number of likely N-dealkylation sites (tertiary alicyclic amines) is 1. The Morgan fingerprint density at radius 3 is 2.19 bits per heavy atom. The molecule has 1 saturated heterocycles. The van der Waals surface area contributed by atoms with E-state index < -0.39 is 6.61 Å². The highest BCUT2D eigenvalue weighted by atomic mass is 16.5. The van der Waals surface area contributed by atoms with Gasteiger partial charge in [0.1, 0.15) is 6.61 Å². The van der Waals surface area contributed by atoms with Gasteiger partial charge in [-0.05, 0) is 12.8 Å². The van der Waals surface area contributed by atoms with E-state index in [1.807, 2.05) is 13.8 Å². The average molecular weight is 231 g/mol. The maximum Gasteiger partial charge on any atom is 0.308 e. The standard InChI is InChI=1S/C9H15NO4.C2H6/c1-14-9(13)7-2-4-10(5-3-7)8(12)6-11;1-2/h7,11H,2-6H2,1H3;1-2H3. The van der Waals surface area contributed by atoms with Crippen molar-refractivity contribution in [3.63, 3.8) is 0 Å². The maximum atomic E-state index is 11.1. The maximum absolute atomic E-state index is 11.1. The van der Waals surface area contributed by atoms with Crippen LogP contribution >= 0.6 is 0 Å². The molecular formula is C11H21NO4. The first-order valence-corrected chi connectivity index (χ1v) is 5.65. The minimum atomic E-state index is -0.455. The van der Waals surface area contributed by atoms with Crippen LogP contribution in [0.3, 0.4) is 0 Å². The molecular weight excluding hydrogens is 210 g/mol. The normalized spacial score (nSPS) is 16.1. The smallest absolute Gasteiger partial charge is 0.308 e. The van der Waals surface area contributed by atoms with E-state index in [2.05, 4.69) is 4.74 Å². The summed E-state index contributed by atoms with van der Waals surface area (Å²) in [5, 5.41) is 8.63. The summed E-state index contributed by atoms with van der Waals surface area (Å²) in [6, 6.07) is 0. The number of hydrogen-bond acceptors (Lipinski definition) is 4. The number of amides is 1. The molecule has 5 nitrogen and oxygen atoms in total. The molecule has 1 rings (SSSR count). The predicted octanol–water partition coefficient (Wildman–Crippen LogP) is 0.416. The molecule has 0 spiro atoms. The van der Waals surface area contributed by atoms with Crippen LogP contribution in [0.15, 0.2) is 0 Å². The summed E-state index contributed by atoms with van der Waals surface area (Å²) < 4.78 is 4.62. The van der Waals surface area contributed by atoms with E-state index in [4.69, 9.17) is 5.11 Å². The van der Waals surface area contributed by atoms with Crippen LogP contribution in [-0.4, -0.2) is 48.7 Å². The number of rotatable bonds is 2. The lowest BCUT2D eigenvalue weighted by Crippen LogP contribution is -2.41. The van der Waals surface area contributed by atoms with Crippen molar-refractivity contribution < 1.29 is 19.4 Å². The summed E-state index contributed by atoms with van der Waals surface area (Å²) in [4.78, 5) is 23.8. The van der Waals surface area contributed by atoms with E-state index in [9.17, 15) is 9.59 Å². The topological polar surface area (TPSA) is 66.8 Å². The Morgan fingerprint density at radius 1 is 1.31 bits per heavy atom. The number of piperidine rings is 1. The molecule has 94 valence electrons. The van der Waals surface area contributed by atoms with Crippen molar-refractivity contribution in [3.05, 3.63) is 0 Å². The zero-order chi connectivity index (χ0) is 12.6. The van der Waals surface area contributed by atoms with E-state index in [1.165, 1.54) is 7.11 Å². The molecule has 0 bridgehead atoms. The molecule has 16 heavy (non-hydrogen) atoms. The summed E-state index contributed by atoms with van der Waals surface area (Å²) >= 11 is 0. The second-order valence-corrected chi connectivity index (χ2v) is 3.34. The van der Waals surface area contributed by atoms with Crippen LogP contribution in [0.25, 0.3) is 0 Å². The molecule has 0 radical (unpaired) electrons. The quantitative estimate of drug-likeness (QED) is 0.699. The molecule has 1 amide bonds. The Morgan fingerprint density at radius 2 is 1.81 bits per heavy atom. The second kappa shape index (κ2) is 8.10. The number of nitrogens with zero attached hydrogens (tertiary/aromatic N) is 1. The van der Waals surface area contributed by atoms with Gasteiger partial charge in [0.15, 0.2) is 0 Å². The Hall–Kier alpha value is -1.10. The highest BCUT2D eigenvalue weighted by Gasteiger charge is 2.27. The van der Waals surface area contributed by atoms with Gasteiger partial charge in [-0.3, -0.25) is 9.59 Å². The Bertz CT molecular complexity index is 198. The molecule has 1 aliphatic rings. The first-order chi connectivity index (χ1) is 7.69. The number of carbonyl (C=O) groups is 2. The van der Waals surface area contributed by atoms with Gasteiger partial charge in [0.05, 0.1) is 13.0 Å². The molecule has 0 aromatic carbocycles. The van der Waals surface area contributed by atoms with Gasteiger partial charge in [0, 0.05) is 13.1 Å². The lowest BCUT2D eigenvalue weighted by atomic mass is 9.97. The highest BCUT2D eigenvalue weighted by molar-refractivity contribution is 5.78. The van der Waals surface area contributed by atoms with Gasteiger partial charge in [-0.2, -0.15) is 0 Å². The fraction of sp³-hybridized carbons (Fsp3) is 0.818. The van der Waals surface area contributed by atoms with Crippen molar-refractivity contribution in [2.75, 3.05) is 26.8 Å². The zero-order valence-electron chi connectivity index (χ0n) is 10.2. The van der Waals surface area contributed by atoms with Crippen molar-refractivity contribution in [3.8, 4) is 0 Å². The molecule has 0 atom stereocenters. The van der Waals surface area contributed by atoms with Crippen LogP contribution < -0.4 is 0 Å². The summed E-state index contributed by atoms with van der Waals surface area (Å²) in [5.41, 5.74) is 0. The number of methoxy groups -OCH3 is 1. The largest absolute Gasteiger partial charge is 0.469 e. The Kier molecular flexibility index (Phi) is 7.54. The number of aliphatic hydroxyl groups excluding tert-OH is 1. The average Bonchev–Trinajstić information content (AvgIpc) is 2.39. The van der Waals surface area contributed by atoms with Crippen LogP contribution in [0.2, 0.25) is 0 Å². The highest BCUT2D eigenvalue weighted by Crippen LogP contribution is 2.18. The summed E-state index contributed by atoms with van der Waals surface area (Å²) in [6.45, 7) is 4.60. The predicted molar refractivity (Wildman–Crippen MR) is 59.8 cm³/mol. The fourth-order valence-electron chi connectivity index (χ4n) is 1.63. The lowest BCUT2D eigenvalue weighted by Gasteiger charge is -2.30. The Labute approximate surface area is 96.4 Å². The van der Waals surface area contributed by atoms with Gasteiger partial charge < -0.3 is 14.7 Å². The van der Waals surface area contributed by atoms with Crippen molar-refractivity contribution in [1.29, 1.82) is 0 Å². The second-order valence-electron chi connectivity index (χ2n) is 3.34. The first-order valence-electron chi connectivity index (χ1n) is 5.65. The number of ether oxygens (including phenoxy) is 1. The van der Waals surface area contributed by atoms with Crippen LogP contribution in [0, 0.1) is 5.92 Å². The van der Waals surface area contributed by atoms with Gasteiger partial charge in [-0.15, -0.1) is 0 Å². The molecule has 5 heteroatoms. The van der Waals surface area contributed by atoms with Crippen LogP contribution in [-0.2, 0) is 14.3 Å². The molecule has 0 saturated carbocycles. The fourth-order valence-corrected chi connectivity index (χ4v) is 1.63. The van der Waals surface area contributed by atoms with Gasteiger partial charge in [0.2, 0.25) is 5.91 Å². The van der Waals surface area contributed by atoms with E-state index in [0.29, 0.717) is 25.9 Å².